The monoisotopic (exact) mass is 209 g/mol. The largest absolute Gasteiger partial charge is 0.364 e. The van der Waals surface area contributed by atoms with Gasteiger partial charge in [0.2, 0.25) is 0 Å². The minimum atomic E-state index is -0.155. The van der Waals surface area contributed by atoms with Crippen LogP contribution in [-0.2, 0) is 0 Å². The smallest absolute Gasteiger partial charge is 0.273 e. The quantitative estimate of drug-likeness (QED) is 0.746. The number of aromatic nitrogens is 1. The van der Waals surface area contributed by atoms with Crippen molar-refractivity contribution in [2.24, 2.45) is 0 Å². The third-order valence-electron chi connectivity index (χ3n) is 2.55. The lowest BCUT2D eigenvalue weighted by atomic mass is 10.1. The fourth-order valence-corrected chi connectivity index (χ4v) is 1.73. The van der Waals surface area contributed by atoms with Gasteiger partial charge in [-0.1, -0.05) is 11.6 Å². The summed E-state index contributed by atoms with van der Waals surface area (Å²) in [7, 11) is 0. The highest BCUT2D eigenvalue weighted by atomic mass is 16.5. The molecular weight excluding hydrogens is 194 g/mol. The van der Waals surface area contributed by atoms with Crippen LogP contribution < -0.4 is 10.6 Å². The van der Waals surface area contributed by atoms with Gasteiger partial charge in [-0.15, -0.1) is 0 Å². The first-order valence-electron chi connectivity index (χ1n) is 5.28. The second-order valence-corrected chi connectivity index (χ2v) is 3.75. The summed E-state index contributed by atoms with van der Waals surface area (Å²) in [6.45, 7) is 1.87. The van der Waals surface area contributed by atoms with Crippen molar-refractivity contribution in [2.45, 2.75) is 25.3 Å². The Balaban J connectivity index is 1.87. The van der Waals surface area contributed by atoms with Crippen molar-refractivity contribution in [2.75, 3.05) is 13.1 Å². The normalized spacial score (nSPS) is 22.0. The zero-order chi connectivity index (χ0) is 10.5. The van der Waals surface area contributed by atoms with Crippen LogP contribution in [0.15, 0.2) is 16.9 Å². The molecule has 1 aliphatic heterocycles. The molecule has 2 N–H and O–H groups in total. The number of carbonyl (C=O) groups excluding carboxylic acids is 1. The van der Waals surface area contributed by atoms with Crippen LogP contribution in [0, 0.1) is 0 Å². The Morgan fingerprint density at radius 2 is 2.53 bits per heavy atom. The van der Waals surface area contributed by atoms with Gasteiger partial charge in [-0.25, -0.2) is 0 Å². The van der Waals surface area contributed by atoms with Crippen molar-refractivity contribution in [1.82, 2.24) is 15.8 Å². The van der Waals surface area contributed by atoms with Crippen LogP contribution in [0.4, 0.5) is 0 Å². The maximum atomic E-state index is 11.6. The topological polar surface area (TPSA) is 67.2 Å². The average Bonchev–Trinajstić information content (AvgIpc) is 2.65. The van der Waals surface area contributed by atoms with Gasteiger partial charge in [-0.2, -0.15) is 0 Å². The molecule has 15 heavy (non-hydrogen) atoms. The van der Waals surface area contributed by atoms with E-state index in [2.05, 4.69) is 20.3 Å². The van der Waals surface area contributed by atoms with E-state index < -0.39 is 0 Å². The van der Waals surface area contributed by atoms with Gasteiger partial charge in [0, 0.05) is 18.7 Å². The lowest BCUT2D eigenvalue weighted by molar-refractivity contribution is 0.0926. The second-order valence-electron chi connectivity index (χ2n) is 3.75. The molecule has 1 aliphatic rings. The standard InChI is InChI=1S/C10H15N3O2/c14-10(9-4-6-15-13-9)12-8-3-1-2-5-11-7-8/h4,6,8,11H,1-3,5,7H2,(H,12,14). The number of hydrogen-bond acceptors (Lipinski definition) is 4. The molecule has 0 bridgehead atoms. The van der Waals surface area contributed by atoms with Gasteiger partial charge in [-0.3, -0.25) is 4.79 Å². The number of rotatable bonds is 2. The molecule has 0 aromatic carbocycles. The summed E-state index contributed by atoms with van der Waals surface area (Å²) >= 11 is 0. The Bertz CT molecular complexity index is 302. The maximum absolute atomic E-state index is 11.6. The highest BCUT2D eigenvalue weighted by Gasteiger charge is 2.16. The molecule has 2 heterocycles. The van der Waals surface area contributed by atoms with Crippen LogP contribution in [0.3, 0.4) is 0 Å². The van der Waals surface area contributed by atoms with Crippen molar-refractivity contribution in [1.29, 1.82) is 0 Å². The fraction of sp³-hybridized carbons (Fsp3) is 0.600. The van der Waals surface area contributed by atoms with Gasteiger partial charge in [0.1, 0.15) is 6.26 Å². The lowest BCUT2D eigenvalue weighted by Crippen LogP contribution is -2.40. The van der Waals surface area contributed by atoms with Gasteiger partial charge >= 0.3 is 0 Å². The van der Waals surface area contributed by atoms with Crippen molar-refractivity contribution in [3.63, 3.8) is 0 Å². The fourth-order valence-electron chi connectivity index (χ4n) is 1.73. The zero-order valence-electron chi connectivity index (χ0n) is 8.53. The average molecular weight is 209 g/mol. The molecule has 2 rings (SSSR count). The molecule has 1 fully saturated rings. The summed E-state index contributed by atoms with van der Waals surface area (Å²) in [5.74, 6) is -0.155. The molecule has 1 aromatic heterocycles. The van der Waals surface area contributed by atoms with Gasteiger partial charge in [0.15, 0.2) is 5.69 Å². The summed E-state index contributed by atoms with van der Waals surface area (Å²) in [6, 6.07) is 1.77. The van der Waals surface area contributed by atoms with Crippen LogP contribution in [0.1, 0.15) is 29.8 Å². The molecule has 1 saturated heterocycles. The van der Waals surface area contributed by atoms with Crippen molar-refractivity contribution >= 4 is 5.91 Å². The van der Waals surface area contributed by atoms with E-state index in [0.717, 1.165) is 25.9 Å². The van der Waals surface area contributed by atoms with E-state index in [1.54, 1.807) is 6.07 Å². The summed E-state index contributed by atoms with van der Waals surface area (Å²) in [4.78, 5) is 11.6. The van der Waals surface area contributed by atoms with Crippen molar-refractivity contribution < 1.29 is 9.32 Å². The molecule has 5 nitrogen and oxygen atoms in total. The highest BCUT2D eigenvalue weighted by Crippen LogP contribution is 2.05. The molecule has 0 saturated carbocycles. The summed E-state index contributed by atoms with van der Waals surface area (Å²) < 4.78 is 4.62. The molecule has 1 aromatic rings. The molecule has 0 radical (unpaired) electrons. The molecule has 0 aliphatic carbocycles. The SMILES string of the molecule is O=C(NC1CCCCNC1)c1ccon1. The Hall–Kier alpha value is -1.36. The van der Waals surface area contributed by atoms with E-state index >= 15 is 0 Å². The zero-order valence-corrected chi connectivity index (χ0v) is 8.53. The summed E-state index contributed by atoms with van der Waals surface area (Å²) in [5.41, 5.74) is 0.347. The summed E-state index contributed by atoms with van der Waals surface area (Å²) in [6.07, 6.45) is 4.75. The van der Waals surface area contributed by atoms with E-state index in [4.69, 9.17) is 0 Å². The van der Waals surface area contributed by atoms with Crippen LogP contribution in [-0.4, -0.2) is 30.2 Å². The molecule has 5 heteroatoms. The van der Waals surface area contributed by atoms with Gasteiger partial charge < -0.3 is 15.2 Å². The first-order chi connectivity index (χ1) is 7.36. The van der Waals surface area contributed by atoms with Gasteiger partial charge in [-0.05, 0) is 19.4 Å². The number of nitrogens with one attached hydrogen (secondary N) is 2. The molecule has 1 atom stereocenters. The van der Waals surface area contributed by atoms with Crippen LogP contribution in [0.2, 0.25) is 0 Å². The molecule has 1 amide bonds. The lowest BCUT2D eigenvalue weighted by Gasteiger charge is -2.14. The van der Waals surface area contributed by atoms with Crippen LogP contribution in [0.5, 0.6) is 0 Å². The molecule has 0 spiro atoms. The molecule has 1 unspecified atom stereocenters. The Morgan fingerprint density at radius 1 is 1.60 bits per heavy atom. The first kappa shape index (κ1) is 10.2. The van der Waals surface area contributed by atoms with Crippen LogP contribution in [0.25, 0.3) is 0 Å². The number of hydrogen-bond donors (Lipinski definition) is 2. The second kappa shape index (κ2) is 4.93. The third-order valence-corrected chi connectivity index (χ3v) is 2.55. The minimum Gasteiger partial charge on any atom is -0.364 e. The number of carbonyl (C=O) groups is 1. The molecular formula is C10H15N3O2. The van der Waals surface area contributed by atoms with Gasteiger partial charge in [0.05, 0.1) is 0 Å². The summed E-state index contributed by atoms with van der Waals surface area (Å²) in [5, 5.41) is 9.82. The van der Waals surface area contributed by atoms with Crippen molar-refractivity contribution in [3.8, 4) is 0 Å². The number of amides is 1. The van der Waals surface area contributed by atoms with E-state index in [1.165, 1.54) is 12.7 Å². The van der Waals surface area contributed by atoms with E-state index in [9.17, 15) is 4.79 Å². The predicted octanol–water partition coefficient (Wildman–Crippen LogP) is 0.546. The maximum Gasteiger partial charge on any atom is 0.273 e. The Kier molecular flexibility index (Phi) is 3.34. The van der Waals surface area contributed by atoms with E-state index in [-0.39, 0.29) is 11.9 Å². The third kappa shape index (κ3) is 2.79. The predicted molar refractivity (Wildman–Crippen MR) is 54.5 cm³/mol. The van der Waals surface area contributed by atoms with Crippen LogP contribution >= 0.6 is 0 Å². The Labute approximate surface area is 88.2 Å². The minimum absolute atomic E-state index is 0.155. The van der Waals surface area contributed by atoms with Gasteiger partial charge in [0.25, 0.3) is 5.91 Å². The van der Waals surface area contributed by atoms with E-state index in [0.29, 0.717) is 5.69 Å². The van der Waals surface area contributed by atoms with E-state index in [1.807, 2.05) is 0 Å². The first-order valence-corrected chi connectivity index (χ1v) is 5.28. The van der Waals surface area contributed by atoms with Crippen molar-refractivity contribution in [3.05, 3.63) is 18.0 Å². The highest BCUT2D eigenvalue weighted by molar-refractivity contribution is 5.92. The number of nitrogens with zero attached hydrogens (tertiary/aromatic N) is 1. The molecule has 82 valence electrons. The Morgan fingerprint density at radius 3 is 3.33 bits per heavy atom.